The molecule has 0 rings (SSSR count). The first-order valence-corrected chi connectivity index (χ1v) is 25.9. The van der Waals surface area contributed by atoms with Gasteiger partial charge in [-0.15, -0.1) is 0 Å². The summed E-state index contributed by atoms with van der Waals surface area (Å²) in [6, 6.07) is 0. The Hall–Kier alpha value is -3.15. The van der Waals surface area contributed by atoms with Crippen LogP contribution in [0.2, 0.25) is 0 Å². The van der Waals surface area contributed by atoms with Gasteiger partial charge in [-0.1, -0.05) is 216 Å². The van der Waals surface area contributed by atoms with E-state index in [0.29, 0.717) is 19.3 Å². The molecule has 0 aromatic heterocycles. The smallest absolute Gasteiger partial charge is 0.306 e. The highest BCUT2D eigenvalue weighted by Crippen LogP contribution is 2.15. The molecular formula is C56H96O6. The monoisotopic (exact) mass is 865 g/mol. The number of hydrogen-bond acceptors (Lipinski definition) is 6. The van der Waals surface area contributed by atoms with Crippen LogP contribution in [0.3, 0.4) is 0 Å². The summed E-state index contributed by atoms with van der Waals surface area (Å²) < 4.78 is 16.8. The number of hydrogen-bond donors (Lipinski definition) is 0. The minimum absolute atomic E-state index is 0.0866. The molecule has 356 valence electrons. The molecule has 0 spiro atoms. The van der Waals surface area contributed by atoms with Crippen LogP contribution in [0.25, 0.3) is 0 Å². The fraction of sp³-hybridized carbons (Fsp3) is 0.732. The Balaban J connectivity index is 4.43. The van der Waals surface area contributed by atoms with Crippen molar-refractivity contribution >= 4 is 17.9 Å². The fourth-order valence-electron chi connectivity index (χ4n) is 7.12. The van der Waals surface area contributed by atoms with E-state index in [-0.39, 0.29) is 31.1 Å². The van der Waals surface area contributed by atoms with Crippen LogP contribution in [0.1, 0.15) is 245 Å². The van der Waals surface area contributed by atoms with Gasteiger partial charge in [-0.25, -0.2) is 0 Å². The van der Waals surface area contributed by atoms with Crippen molar-refractivity contribution in [2.45, 2.75) is 252 Å². The molecule has 0 aliphatic carbocycles. The van der Waals surface area contributed by atoms with Crippen molar-refractivity contribution in [1.82, 2.24) is 0 Å². The number of unbranched alkanes of at least 4 members (excludes halogenated alkanes) is 23. The van der Waals surface area contributed by atoms with Gasteiger partial charge in [0.15, 0.2) is 6.10 Å². The Morgan fingerprint density at radius 3 is 0.984 bits per heavy atom. The first kappa shape index (κ1) is 58.9. The van der Waals surface area contributed by atoms with E-state index in [1.54, 1.807) is 0 Å². The topological polar surface area (TPSA) is 78.9 Å². The molecule has 6 heteroatoms. The summed E-state index contributed by atoms with van der Waals surface area (Å²) in [5, 5.41) is 0. The molecule has 6 nitrogen and oxygen atoms in total. The maximum absolute atomic E-state index is 12.8. The predicted molar refractivity (Wildman–Crippen MR) is 265 cm³/mol. The second-order valence-corrected chi connectivity index (χ2v) is 17.0. The summed E-state index contributed by atoms with van der Waals surface area (Å²) in [6.45, 7) is 6.39. The van der Waals surface area contributed by atoms with E-state index in [9.17, 15) is 14.4 Å². The Morgan fingerprint density at radius 1 is 0.339 bits per heavy atom. The molecule has 0 amide bonds. The lowest BCUT2D eigenvalue weighted by molar-refractivity contribution is -0.167. The van der Waals surface area contributed by atoms with Crippen LogP contribution >= 0.6 is 0 Å². The normalized spacial score (nSPS) is 12.6. The van der Waals surface area contributed by atoms with Crippen LogP contribution in [0.15, 0.2) is 72.9 Å². The van der Waals surface area contributed by atoms with E-state index in [4.69, 9.17) is 14.2 Å². The van der Waals surface area contributed by atoms with Crippen molar-refractivity contribution in [3.63, 3.8) is 0 Å². The zero-order chi connectivity index (χ0) is 45.1. The number of carbonyl (C=O) groups is 3. The van der Waals surface area contributed by atoms with Crippen molar-refractivity contribution in [2.24, 2.45) is 0 Å². The zero-order valence-corrected chi connectivity index (χ0v) is 40.6. The van der Waals surface area contributed by atoms with Crippen molar-refractivity contribution in [3.8, 4) is 0 Å². The van der Waals surface area contributed by atoms with E-state index in [1.165, 1.54) is 70.6 Å². The highest BCUT2D eigenvalue weighted by Gasteiger charge is 2.19. The third kappa shape index (κ3) is 47.9. The average molecular weight is 865 g/mol. The summed E-state index contributed by atoms with van der Waals surface area (Å²) in [6.07, 6.45) is 63.1. The number of rotatable bonds is 46. The molecule has 0 aromatic rings. The molecule has 0 fully saturated rings. The van der Waals surface area contributed by atoms with E-state index in [1.807, 2.05) is 0 Å². The largest absolute Gasteiger partial charge is 0.462 e. The number of carbonyl (C=O) groups excluding carboxylic acids is 3. The molecular weight excluding hydrogens is 769 g/mol. The van der Waals surface area contributed by atoms with Gasteiger partial charge < -0.3 is 14.2 Å². The van der Waals surface area contributed by atoms with Gasteiger partial charge in [-0.05, 0) is 83.5 Å². The van der Waals surface area contributed by atoms with E-state index < -0.39 is 6.10 Å². The lowest BCUT2D eigenvalue weighted by Gasteiger charge is -2.18. The summed E-state index contributed by atoms with van der Waals surface area (Å²) >= 11 is 0. The summed E-state index contributed by atoms with van der Waals surface area (Å²) in [7, 11) is 0. The second-order valence-electron chi connectivity index (χ2n) is 17.0. The predicted octanol–water partition coefficient (Wildman–Crippen LogP) is 17.0. The number of ether oxygens (including phenoxy) is 3. The second kappa shape index (κ2) is 50.5. The SMILES string of the molecule is CC/C=C/C/C=C/C/C=C/CCCCCCCC(=O)OC[C@@H](COC(=O)CCCCCCCCCCCCCCCC)OC(=O)CCCCCCC/C=C/C/C=C/C/C=C/CC. The highest BCUT2D eigenvalue weighted by molar-refractivity contribution is 5.71. The van der Waals surface area contributed by atoms with Crippen LogP contribution < -0.4 is 0 Å². The molecule has 0 radical (unpaired) electrons. The van der Waals surface area contributed by atoms with Crippen molar-refractivity contribution in [3.05, 3.63) is 72.9 Å². The Morgan fingerprint density at radius 2 is 0.629 bits per heavy atom. The van der Waals surface area contributed by atoms with Gasteiger partial charge in [0, 0.05) is 19.3 Å². The van der Waals surface area contributed by atoms with Crippen molar-refractivity contribution in [1.29, 1.82) is 0 Å². The lowest BCUT2D eigenvalue weighted by Crippen LogP contribution is -2.30. The maximum atomic E-state index is 12.8. The third-order valence-corrected chi connectivity index (χ3v) is 11.0. The summed E-state index contributed by atoms with van der Waals surface area (Å²) in [5.41, 5.74) is 0. The van der Waals surface area contributed by atoms with Gasteiger partial charge in [0.05, 0.1) is 0 Å². The molecule has 0 bridgehead atoms. The molecule has 1 atom stereocenters. The van der Waals surface area contributed by atoms with Crippen LogP contribution in [0.5, 0.6) is 0 Å². The minimum atomic E-state index is -0.789. The zero-order valence-electron chi connectivity index (χ0n) is 40.6. The number of allylic oxidation sites excluding steroid dienone is 12. The standard InChI is InChI=1S/C56H96O6/c1-4-7-10-13-16-19-22-25-28-31-34-37-40-43-46-49-55(58)61-52-53(51-60-54(57)48-45-42-39-36-33-30-27-24-21-18-15-12-9-6-3)62-56(59)50-47-44-41-38-35-32-29-26-23-20-17-14-11-8-5-2/h7-8,10-11,16-17,19-20,25-26,28-29,53H,4-6,9,12-15,18,21-24,27,30-52H2,1-3H3/b10-7+,11-8+,19-16+,20-17+,28-25+,29-26+/t53-/m1/s1. The molecule has 0 saturated carbocycles. The van der Waals surface area contributed by atoms with E-state index in [0.717, 1.165) is 135 Å². The van der Waals surface area contributed by atoms with Gasteiger partial charge in [-0.2, -0.15) is 0 Å². The Kier molecular flexibility index (Phi) is 47.9. The van der Waals surface area contributed by atoms with Crippen molar-refractivity contribution in [2.75, 3.05) is 13.2 Å². The fourth-order valence-corrected chi connectivity index (χ4v) is 7.12. The lowest BCUT2D eigenvalue weighted by atomic mass is 10.0. The minimum Gasteiger partial charge on any atom is -0.462 e. The molecule has 0 aliphatic rings. The summed E-state index contributed by atoms with van der Waals surface area (Å²) in [5.74, 6) is -0.918. The molecule has 0 unspecified atom stereocenters. The van der Waals surface area contributed by atoms with Gasteiger partial charge in [0.1, 0.15) is 13.2 Å². The van der Waals surface area contributed by atoms with Gasteiger partial charge >= 0.3 is 17.9 Å². The van der Waals surface area contributed by atoms with E-state index in [2.05, 4.69) is 93.7 Å². The molecule has 0 aliphatic heterocycles. The molecule has 0 aromatic carbocycles. The van der Waals surface area contributed by atoms with Gasteiger partial charge in [0.25, 0.3) is 0 Å². The Labute approximate surface area is 382 Å². The van der Waals surface area contributed by atoms with Crippen LogP contribution in [-0.2, 0) is 28.6 Å². The average Bonchev–Trinajstić information content (AvgIpc) is 3.27. The summed E-state index contributed by atoms with van der Waals surface area (Å²) in [4.78, 5) is 38.0. The highest BCUT2D eigenvalue weighted by atomic mass is 16.6. The van der Waals surface area contributed by atoms with E-state index >= 15 is 0 Å². The Bertz CT molecular complexity index is 1180. The molecule has 0 saturated heterocycles. The first-order chi connectivity index (χ1) is 30.5. The van der Waals surface area contributed by atoms with Crippen LogP contribution in [0, 0.1) is 0 Å². The molecule has 0 N–H and O–H groups in total. The number of esters is 3. The maximum Gasteiger partial charge on any atom is 0.306 e. The third-order valence-electron chi connectivity index (χ3n) is 11.0. The van der Waals surface area contributed by atoms with Crippen LogP contribution in [0.4, 0.5) is 0 Å². The van der Waals surface area contributed by atoms with Crippen LogP contribution in [-0.4, -0.2) is 37.2 Å². The quantitative estimate of drug-likeness (QED) is 0.0262. The van der Waals surface area contributed by atoms with Crippen molar-refractivity contribution < 1.29 is 28.6 Å². The molecule has 0 heterocycles. The van der Waals surface area contributed by atoms with Gasteiger partial charge in [0.2, 0.25) is 0 Å². The molecule has 62 heavy (non-hydrogen) atoms. The van der Waals surface area contributed by atoms with Gasteiger partial charge in [-0.3, -0.25) is 14.4 Å². The first-order valence-electron chi connectivity index (χ1n) is 25.9.